The summed E-state index contributed by atoms with van der Waals surface area (Å²) in [7, 11) is 0. The lowest BCUT2D eigenvalue weighted by atomic mass is 10.1. The monoisotopic (exact) mass is 338 g/mol. The first-order valence-corrected chi connectivity index (χ1v) is 8.38. The van der Waals surface area contributed by atoms with Gasteiger partial charge >= 0.3 is 6.03 Å². The molecule has 1 atom stereocenters. The fraction of sp³-hybridized carbons (Fsp3) is 0.316. The predicted octanol–water partition coefficient (Wildman–Crippen LogP) is 2.99. The normalized spacial score (nSPS) is 16.6. The Bertz CT molecular complexity index is 776. The van der Waals surface area contributed by atoms with E-state index in [0.29, 0.717) is 11.3 Å². The van der Waals surface area contributed by atoms with Gasteiger partial charge in [0.25, 0.3) is 0 Å². The highest BCUT2D eigenvalue weighted by Gasteiger charge is 2.24. The molecule has 1 aliphatic heterocycles. The SMILES string of the molecule is CC(=O)c1ccc(NC(=O)N[C@H]2CCN(c3ccccn3)C2)cc1C. The molecule has 1 aromatic carbocycles. The van der Waals surface area contributed by atoms with Gasteiger partial charge in [0.1, 0.15) is 5.82 Å². The molecular weight excluding hydrogens is 316 g/mol. The molecule has 0 radical (unpaired) electrons. The number of benzene rings is 1. The predicted molar refractivity (Wildman–Crippen MR) is 98.2 cm³/mol. The Hall–Kier alpha value is -2.89. The standard InChI is InChI=1S/C19H22N4O2/c1-13-11-15(6-7-17(13)14(2)24)21-19(25)22-16-8-10-23(12-16)18-5-3-4-9-20-18/h3-7,9,11,16H,8,10,12H2,1-2H3,(H2,21,22,25)/t16-/m0/s1. The summed E-state index contributed by atoms with van der Waals surface area (Å²) in [4.78, 5) is 30.2. The van der Waals surface area contributed by atoms with Gasteiger partial charge in [-0.05, 0) is 56.2 Å². The van der Waals surface area contributed by atoms with Gasteiger partial charge in [-0.2, -0.15) is 0 Å². The zero-order valence-corrected chi connectivity index (χ0v) is 14.5. The van der Waals surface area contributed by atoms with Gasteiger partial charge in [0.2, 0.25) is 0 Å². The maximum Gasteiger partial charge on any atom is 0.319 e. The van der Waals surface area contributed by atoms with Crippen molar-refractivity contribution in [3.05, 3.63) is 53.7 Å². The third-order valence-electron chi connectivity index (χ3n) is 4.36. The van der Waals surface area contributed by atoms with Gasteiger partial charge in [0.15, 0.2) is 5.78 Å². The minimum atomic E-state index is -0.233. The number of pyridine rings is 1. The van der Waals surface area contributed by atoms with Crippen molar-refractivity contribution >= 4 is 23.3 Å². The molecule has 3 rings (SSSR count). The van der Waals surface area contributed by atoms with Crippen molar-refractivity contribution in [3.63, 3.8) is 0 Å². The second-order valence-electron chi connectivity index (χ2n) is 6.30. The summed E-state index contributed by atoms with van der Waals surface area (Å²) in [5.74, 6) is 0.955. The number of carbonyl (C=O) groups excluding carboxylic acids is 2. The number of hydrogen-bond acceptors (Lipinski definition) is 4. The summed E-state index contributed by atoms with van der Waals surface area (Å²) in [6.45, 7) is 5.01. The third kappa shape index (κ3) is 4.15. The lowest BCUT2D eigenvalue weighted by Crippen LogP contribution is -2.39. The van der Waals surface area contributed by atoms with Crippen molar-refractivity contribution < 1.29 is 9.59 Å². The quantitative estimate of drug-likeness (QED) is 0.841. The van der Waals surface area contributed by atoms with Crippen LogP contribution >= 0.6 is 0 Å². The van der Waals surface area contributed by atoms with Gasteiger partial charge < -0.3 is 15.5 Å². The smallest absolute Gasteiger partial charge is 0.319 e. The summed E-state index contributed by atoms with van der Waals surface area (Å²) in [5.41, 5.74) is 2.21. The van der Waals surface area contributed by atoms with Crippen LogP contribution in [0, 0.1) is 6.92 Å². The number of amides is 2. The summed E-state index contributed by atoms with van der Waals surface area (Å²) < 4.78 is 0. The van der Waals surface area contributed by atoms with Gasteiger partial charge in [0, 0.05) is 36.6 Å². The van der Waals surface area contributed by atoms with Crippen LogP contribution in [0.2, 0.25) is 0 Å². The molecule has 0 aliphatic carbocycles. The molecular formula is C19H22N4O2. The molecule has 1 saturated heterocycles. The molecule has 2 heterocycles. The number of carbonyl (C=O) groups is 2. The van der Waals surface area contributed by atoms with Crippen LogP contribution in [0.1, 0.15) is 29.3 Å². The maximum absolute atomic E-state index is 12.2. The number of Topliss-reactive ketones (excluding diaryl/α,β-unsaturated/α-hetero) is 1. The topological polar surface area (TPSA) is 74.3 Å². The molecule has 0 spiro atoms. The molecule has 6 heteroatoms. The van der Waals surface area contributed by atoms with Crippen LogP contribution in [0.4, 0.5) is 16.3 Å². The lowest BCUT2D eigenvalue weighted by molar-refractivity contribution is 0.101. The van der Waals surface area contributed by atoms with Gasteiger partial charge in [-0.25, -0.2) is 9.78 Å². The number of rotatable bonds is 4. The number of nitrogens with one attached hydrogen (secondary N) is 2. The lowest BCUT2D eigenvalue weighted by Gasteiger charge is -2.18. The second kappa shape index (κ2) is 7.34. The van der Waals surface area contributed by atoms with E-state index in [-0.39, 0.29) is 17.9 Å². The van der Waals surface area contributed by atoms with E-state index < -0.39 is 0 Å². The summed E-state index contributed by atoms with van der Waals surface area (Å²) in [5, 5.41) is 5.83. The number of aryl methyl sites for hydroxylation is 1. The number of anilines is 2. The van der Waals surface area contributed by atoms with Crippen LogP contribution in [0.5, 0.6) is 0 Å². The average Bonchev–Trinajstić information content (AvgIpc) is 3.03. The van der Waals surface area contributed by atoms with Crippen molar-refractivity contribution in [2.45, 2.75) is 26.3 Å². The number of ketones is 1. The van der Waals surface area contributed by atoms with Crippen molar-refractivity contribution in [1.29, 1.82) is 0 Å². The molecule has 0 bridgehead atoms. The number of aromatic nitrogens is 1. The van der Waals surface area contributed by atoms with E-state index >= 15 is 0 Å². The fourth-order valence-corrected chi connectivity index (χ4v) is 3.12. The fourth-order valence-electron chi connectivity index (χ4n) is 3.12. The van der Waals surface area contributed by atoms with Crippen molar-refractivity contribution in [1.82, 2.24) is 10.3 Å². The Morgan fingerprint density at radius 2 is 2.08 bits per heavy atom. The first kappa shape index (κ1) is 17.0. The van der Waals surface area contributed by atoms with Crippen LogP contribution in [-0.2, 0) is 0 Å². The molecule has 0 unspecified atom stereocenters. The highest BCUT2D eigenvalue weighted by atomic mass is 16.2. The number of urea groups is 1. The van der Waals surface area contributed by atoms with E-state index in [0.717, 1.165) is 30.9 Å². The van der Waals surface area contributed by atoms with Crippen LogP contribution in [-0.4, -0.2) is 35.9 Å². The van der Waals surface area contributed by atoms with E-state index in [2.05, 4.69) is 20.5 Å². The molecule has 2 amide bonds. The average molecular weight is 338 g/mol. The zero-order chi connectivity index (χ0) is 17.8. The largest absolute Gasteiger partial charge is 0.354 e. The second-order valence-corrected chi connectivity index (χ2v) is 6.30. The molecule has 6 nitrogen and oxygen atoms in total. The van der Waals surface area contributed by atoms with Crippen LogP contribution in [0.25, 0.3) is 0 Å². The third-order valence-corrected chi connectivity index (χ3v) is 4.36. The van der Waals surface area contributed by atoms with Gasteiger partial charge in [-0.3, -0.25) is 4.79 Å². The zero-order valence-electron chi connectivity index (χ0n) is 14.5. The molecule has 2 N–H and O–H groups in total. The van der Waals surface area contributed by atoms with Gasteiger partial charge in [-0.1, -0.05) is 6.07 Å². The minimum Gasteiger partial charge on any atom is -0.354 e. The first-order chi connectivity index (χ1) is 12.0. The van der Waals surface area contributed by atoms with E-state index in [4.69, 9.17) is 0 Å². The highest BCUT2D eigenvalue weighted by molar-refractivity contribution is 5.97. The summed E-state index contributed by atoms with van der Waals surface area (Å²) in [6, 6.07) is 11.0. The molecule has 2 aromatic rings. The Kier molecular flexibility index (Phi) is 4.97. The van der Waals surface area contributed by atoms with Crippen LogP contribution < -0.4 is 15.5 Å². The molecule has 1 fully saturated rings. The van der Waals surface area contributed by atoms with E-state index in [1.54, 1.807) is 18.3 Å². The van der Waals surface area contributed by atoms with E-state index in [1.165, 1.54) is 6.92 Å². The van der Waals surface area contributed by atoms with Gasteiger partial charge in [-0.15, -0.1) is 0 Å². The summed E-state index contributed by atoms with van der Waals surface area (Å²) >= 11 is 0. The van der Waals surface area contributed by atoms with E-state index in [9.17, 15) is 9.59 Å². The van der Waals surface area contributed by atoms with E-state index in [1.807, 2.05) is 31.2 Å². The molecule has 0 saturated carbocycles. The number of hydrogen-bond donors (Lipinski definition) is 2. The molecule has 25 heavy (non-hydrogen) atoms. The summed E-state index contributed by atoms with van der Waals surface area (Å²) in [6.07, 6.45) is 2.65. The van der Waals surface area contributed by atoms with Crippen molar-refractivity contribution in [2.75, 3.05) is 23.3 Å². The Morgan fingerprint density at radius 1 is 1.24 bits per heavy atom. The molecule has 1 aliphatic rings. The Labute approximate surface area is 147 Å². The van der Waals surface area contributed by atoms with Gasteiger partial charge in [0.05, 0.1) is 0 Å². The molecule has 1 aromatic heterocycles. The Morgan fingerprint density at radius 3 is 2.76 bits per heavy atom. The first-order valence-electron chi connectivity index (χ1n) is 8.38. The molecule has 130 valence electrons. The minimum absolute atomic E-state index is 0.0223. The number of nitrogens with zero attached hydrogens (tertiary/aromatic N) is 2. The Balaban J connectivity index is 1.55. The highest BCUT2D eigenvalue weighted by Crippen LogP contribution is 2.18. The van der Waals surface area contributed by atoms with Crippen molar-refractivity contribution in [3.8, 4) is 0 Å². The van der Waals surface area contributed by atoms with Crippen molar-refractivity contribution in [2.24, 2.45) is 0 Å². The van der Waals surface area contributed by atoms with Crippen LogP contribution in [0.15, 0.2) is 42.6 Å². The van der Waals surface area contributed by atoms with Crippen LogP contribution in [0.3, 0.4) is 0 Å². The maximum atomic E-state index is 12.2.